The smallest absolute Gasteiger partial charge is 0.131 e. The van der Waals surface area contributed by atoms with Gasteiger partial charge in [0.05, 0.1) is 68.3 Å². The van der Waals surface area contributed by atoms with Crippen LogP contribution >= 0.6 is 0 Å². The monoisotopic (exact) mass is 1860 g/mol. The Morgan fingerprint density at radius 2 is 0.351 bits per heavy atom. The molecule has 766 valence electrons. The van der Waals surface area contributed by atoms with Gasteiger partial charge in [-0.3, -0.25) is 34.9 Å². The maximum atomic E-state index is 4.63. The Morgan fingerprint density at radius 1 is 0.119 bits per heavy atom. The maximum absolute atomic E-state index is 4.63. The summed E-state index contributed by atoms with van der Waals surface area (Å²) in [7, 11) is 0. The van der Waals surface area contributed by atoms with Crippen molar-refractivity contribution in [2.75, 3.05) is 0 Å². The van der Waals surface area contributed by atoms with Gasteiger partial charge < -0.3 is 0 Å². The van der Waals surface area contributed by atoms with Crippen LogP contribution in [-0.2, 0) is 0 Å². The van der Waals surface area contributed by atoms with Crippen molar-refractivity contribution in [2.24, 2.45) is 0 Å². The van der Waals surface area contributed by atoms with E-state index >= 15 is 0 Å². The quantitative estimate of drug-likeness (QED) is 0.124. The molecule has 0 unspecified atom stereocenters. The molecule has 10 rings (SSSR count). The van der Waals surface area contributed by atoms with Gasteiger partial charge in [-0.15, -0.1) is 0 Å². The predicted octanol–water partition coefficient (Wildman–Crippen LogP) is 35.0. The minimum absolute atomic E-state index is 0. The van der Waals surface area contributed by atoms with Crippen molar-refractivity contribution >= 4 is 0 Å². The Hall–Kier alpha value is -8.99. The number of aryl methyl sites for hydroxylation is 21. The lowest BCUT2D eigenvalue weighted by molar-refractivity contribution is 0.753. The number of rotatable bonds is 10. The van der Waals surface area contributed by atoms with Crippen molar-refractivity contribution in [3.05, 3.63) is 243 Å². The molecule has 10 aromatic rings. The van der Waals surface area contributed by atoms with Gasteiger partial charge in [-0.2, -0.15) is 20.4 Å². The van der Waals surface area contributed by atoms with Gasteiger partial charge in [0.1, 0.15) is 17.5 Å². The molecule has 0 radical (unpaired) electrons. The second-order valence-electron chi connectivity index (χ2n) is 37.1. The van der Waals surface area contributed by atoms with Crippen molar-refractivity contribution in [3.63, 3.8) is 0 Å². The second-order valence-corrected chi connectivity index (χ2v) is 37.1. The highest BCUT2D eigenvalue weighted by molar-refractivity contribution is 5.43. The Bertz CT molecular complexity index is 4970. The predicted molar refractivity (Wildman–Crippen MR) is 598 cm³/mol. The van der Waals surface area contributed by atoms with E-state index in [1.54, 1.807) is 0 Å². The molecule has 0 aliphatic heterocycles. The van der Waals surface area contributed by atoms with Crippen LogP contribution in [0.2, 0.25) is 0 Å². The van der Waals surface area contributed by atoms with Crippen LogP contribution < -0.4 is 0 Å². The summed E-state index contributed by atoms with van der Waals surface area (Å²) in [5.41, 5.74) is 48.1. The fourth-order valence-corrected chi connectivity index (χ4v) is 15.2. The Balaban J connectivity index is -0.000000138. The Kier molecular flexibility index (Phi) is 74.3. The van der Waals surface area contributed by atoms with Crippen LogP contribution in [0.3, 0.4) is 0 Å². The van der Waals surface area contributed by atoms with Crippen LogP contribution in [-0.4, -0.2) is 85.2 Å². The van der Waals surface area contributed by atoms with Crippen LogP contribution in [0, 0.1) is 228 Å². The summed E-state index contributed by atoms with van der Waals surface area (Å²) in [6.07, 6.45) is 0. The van der Waals surface area contributed by atoms with Crippen LogP contribution in [0.5, 0.6) is 0 Å². The molecule has 0 N–H and O–H groups in total. The summed E-state index contributed by atoms with van der Waals surface area (Å²) >= 11 is 0. The van der Waals surface area contributed by atoms with E-state index < -0.39 is 0 Å². The largest absolute Gasteiger partial charge is 0.258 e. The van der Waals surface area contributed by atoms with E-state index in [4.69, 9.17) is 0 Å². The average Bonchev–Trinajstić information content (AvgIpc) is 0.820. The van der Waals surface area contributed by atoms with Crippen molar-refractivity contribution in [2.45, 2.75) is 508 Å². The average molecular weight is 1860 g/mol. The maximum Gasteiger partial charge on any atom is 0.131 e. The summed E-state index contributed by atoms with van der Waals surface area (Å²) in [5.74, 6) is 7.78. The molecule has 0 bridgehead atoms. The van der Waals surface area contributed by atoms with E-state index in [2.05, 4.69) is 355 Å². The molecule has 0 aromatic carbocycles. The first-order valence-electron chi connectivity index (χ1n) is 45.0. The van der Waals surface area contributed by atoms with Gasteiger partial charge in [0.2, 0.25) is 0 Å². The van der Waals surface area contributed by atoms with Gasteiger partial charge in [-0.05, 0) is 371 Å². The molecule has 17 nitrogen and oxygen atoms in total. The SMILES string of the molecule is C.C.C.C.C.C.C.C.C.C.C.Cc1nc(C(C)C)c(C)c(C)c1C.Cc1nc(C(C)C)nc(C)c1C.Cc1nc(C)c(C(C)C)c(C)c1C.Cc1nc(C)c(C(C)C)c(C)n1.Cc1nc(C)c(C(C)C)nc1C.Cc1nc(C)c(C(C)C)nc1C.Cc1nc(C)c(C)c(C(C)C)c1C.Cc1nc(C)c(C)c(C(C)C)n1.Cc1nnc(C(C)C)c(C)c1C.Cc1nnc(C)c(C(C)C)c1C. The molecule has 0 saturated carbocycles. The lowest BCUT2D eigenvalue weighted by Crippen LogP contribution is -2.03. The molecular weight excluding hydrogens is 1640 g/mol. The number of hydrogen-bond donors (Lipinski definition) is 0. The van der Waals surface area contributed by atoms with Crippen LogP contribution in [0.1, 0.15) is 522 Å². The number of pyridine rings is 3. The van der Waals surface area contributed by atoms with E-state index in [-0.39, 0.29) is 81.7 Å². The molecule has 0 aliphatic rings. The summed E-state index contributed by atoms with van der Waals surface area (Å²) in [6.45, 7) is 112. The van der Waals surface area contributed by atoms with E-state index in [9.17, 15) is 0 Å². The zero-order chi connectivity index (χ0) is 95.6. The molecule has 0 fully saturated rings. The summed E-state index contributed by atoms with van der Waals surface area (Å²) in [4.78, 5) is 57.8. The first kappa shape index (κ1) is 148. The molecule has 17 heteroatoms. The molecule has 0 atom stereocenters. The number of nitrogens with zero attached hydrogens (tertiary/aromatic N) is 17. The second kappa shape index (κ2) is 67.3. The first-order valence-corrected chi connectivity index (χ1v) is 45.0. The summed E-state index contributed by atoms with van der Waals surface area (Å²) < 4.78 is 0. The van der Waals surface area contributed by atoms with Crippen molar-refractivity contribution in [3.8, 4) is 0 Å². The van der Waals surface area contributed by atoms with Gasteiger partial charge in [0.25, 0.3) is 0 Å². The zero-order valence-electron chi connectivity index (χ0n) is 87.9. The minimum Gasteiger partial charge on any atom is -0.258 e. The van der Waals surface area contributed by atoms with E-state index in [0.717, 1.165) is 114 Å². The van der Waals surface area contributed by atoms with E-state index in [1.807, 2.05) is 96.9 Å². The fourth-order valence-electron chi connectivity index (χ4n) is 15.2. The molecule has 0 spiro atoms. The highest BCUT2D eigenvalue weighted by Crippen LogP contribution is 2.31. The molecule has 134 heavy (non-hydrogen) atoms. The van der Waals surface area contributed by atoms with Gasteiger partial charge in [0, 0.05) is 74.2 Å². The summed E-state index contributed by atoms with van der Waals surface area (Å²) in [5, 5.41) is 16.5. The van der Waals surface area contributed by atoms with Gasteiger partial charge in [0.15, 0.2) is 0 Å². The van der Waals surface area contributed by atoms with E-state index in [0.29, 0.717) is 59.2 Å². The van der Waals surface area contributed by atoms with Crippen LogP contribution in [0.15, 0.2) is 0 Å². The highest BCUT2D eigenvalue weighted by atomic mass is 15.1. The summed E-state index contributed by atoms with van der Waals surface area (Å²) in [6, 6.07) is 0. The fraction of sp³-hybridized carbons (Fsp3) is 0.632. The molecule has 10 aromatic heterocycles. The third-order valence-corrected chi connectivity index (χ3v) is 23.5. The zero-order valence-corrected chi connectivity index (χ0v) is 87.9. The Labute approximate surface area is 831 Å². The van der Waals surface area contributed by atoms with Crippen molar-refractivity contribution < 1.29 is 0 Å². The molecular formula is C117H213N17. The lowest BCUT2D eigenvalue weighted by atomic mass is 9.92. The van der Waals surface area contributed by atoms with Crippen molar-refractivity contribution in [1.29, 1.82) is 0 Å². The lowest BCUT2D eigenvalue weighted by Gasteiger charge is -2.16. The van der Waals surface area contributed by atoms with Gasteiger partial charge >= 0.3 is 0 Å². The van der Waals surface area contributed by atoms with Gasteiger partial charge in [-0.1, -0.05) is 220 Å². The third-order valence-electron chi connectivity index (χ3n) is 23.5. The van der Waals surface area contributed by atoms with E-state index in [1.165, 1.54) is 129 Å². The molecule has 10 heterocycles. The normalized spacial score (nSPS) is 9.99. The highest BCUT2D eigenvalue weighted by Gasteiger charge is 2.19. The van der Waals surface area contributed by atoms with Crippen LogP contribution in [0.4, 0.5) is 0 Å². The minimum atomic E-state index is 0. The Morgan fingerprint density at radius 3 is 0.701 bits per heavy atom. The third kappa shape index (κ3) is 43.6. The van der Waals surface area contributed by atoms with Crippen LogP contribution in [0.25, 0.3) is 0 Å². The number of hydrogen-bond acceptors (Lipinski definition) is 17. The molecule has 0 saturated heterocycles. The first-order chi connectivity index (χ1) is 56.5. The topological polar surface area (TPSA) is 219 Å². The number of aromatic nitrogens is 17. The molecule has 0 aliphatic carbocycles. The van der Waals surface area contributed by atoms with Crippen molar-refractivity contribution in [1.82, 2.24) is 85.2 Å². The molecule has 0 amide bonds. The van der Waals surface area contributed by atoms with Gasteiger partial charge in [-0.25, -0.2) is 29.9 Å². The standard InChI is InChI=1S/3C12H19N.7C10H16N2.11CH4/c1-7(2)12-8(3)10(5)13-11(6)9(12)4;1-7(2)12-9(4)8(3)10(5)13-11(12)6;1-7(2)12-10(5)8(3)9(4)11(6)13-12;1-6(2)10-7(3)11-9(5)12-8(10)4;2*1-6(2)10-9(5)11-7(3)8(4)12-10;1-6(2)10-7(3)8(4)11-9(5)12-10;1-6(2)10-7(3)8(4)11-12-9(10)5;1-6(2)10-11-8(4)7(3)9(5)12-10;1-6(2)10-8(4)7(3)9(5)11-12-10;;;;;;;;;;;/h3*7H,1-6H3;7*6H,1-5H3;11*1H4.